The molecule has 0 radical (unpaired) electrons. The largest absolute Gasteiger partial charge is 0.507 e. The first-order valence-electron chi connectivity index (χ1n) is 10.8. The van der Waals surface area contributed by atoms with Gasteiger partial charge in [-0.25, -0.2) is 0 Å². The highest BCUT2D eigenvalue weighted by Crippen LogP contribution is 2.41. The fourth-order valence-corrected chi connectivity index (χ4v) is 4.00. The zero-order valence-electron chi connectivity index (χ0n) is 18.8. The number of hydrogen-bond donors (Lipinski definition) is 1. The molecular weight excluding hydrogens is 430 g/mol. The predicted molar refractivity (Wildman–Crippen MR) is 129 cm³/mol. The molecule has 6 nitrogen and oxygen atoms in total. The van der Waals surface area contributed by atoms with Gasteiger partial charge in [-0.3, -0.25) is 9.59 Å². The van der Waals surface area contributed by atoms with Gasteiger partial charge in [0.1, 0.15) is 23.9 Å². The molecule has 1 unspecified atom stereocenters. The highest BCUT2D eigenvalue weighted by Gasteiger charge is 2.46. The van der Waals surface area contributed by atoms with E-state index in [9.17, 15) is 14.7 Å². The van der Waals surface area contributed by atoms with E-state index in [4.69, 9.17) is 9.47 Å². The molecule has 3 aromatic carbocycles. The first-order valence-corrected chi connectivity index (χ1v) is 10.8. The van der Waals surface area contributed by atoms with E-state index in [-0.39, 0.29) is 17.9 Å². The van der Waals surface area contributed by atoms with Gasteiger partial charge >= 0.3 is 0 Å². The maximum atomic E-state index is 13.2. The zero-order valence-corrected chi connectivity index (χ0v) is 18.8. The van der Waals surface area contributed by atoms with E-state index in [0.717, 1.165) is 5.56 Å². The van der Waals surface area contributed by atoms with Gasteiger partial charge in [0, 0.05) is 12.1 Å². The topological polar surface area (TPSA) is 76.1 Å². The summed E-state index contributed by atoms with van der Waals surface area (Å²) < 4.78 is 10.8. The summed E-state index contributed by atoms with van der Waals surface area (Å²) >= 11 is 0. The van der Waals surface area contributed by atoms with Crippen LogP contribution in [0, 0.1) is 0 Å². The summed E-state index contributed by atoms with van der Waals surface area (Å²) in [6, 6.07) is 22.6. The smallest absolute Gasteiger partial charge is 0.295 e. The minimum atomic E-state index is -0.764. The van der Waals surface area contributed by atoms with Crippen molar-refractivity contribution in [3.05, 3.63) is 114 Å². The number of rotatable bonds is 8. The number of carbonyl (C=O) groups excluding carboxylic acids is 2. The van der Waals surface area contributed by atoms with Crippen LogP contribution in [0.5, 0.6) is 11.5 Å². The van der Waals surface area contributed by atoms with Crippen molar-refractivity contribution >= 4 is 17.4 Å². The SMILES string of the molecule is C=CCOc1ccc(C2/C(=C(\O)c3cccc(OC)c3)C(=O)C(=O)N2Cc2ccccc2)cc1. The van der Waals surface area contributed by atoms with E-state index < -0.39 is 17.7 Å². The number of hydrogen-bond acceptors (Lipinski definition) is 5. The van der Waals surface area contributed by atoms with Crippen molar-refractivity contribution in [2.24, 2.45) is 0 Å². The molecule has 34 heavy (non-hydrogen) atoms. The van der Waals surface area contributed by atoms with Crippen LogP contribution in [0.15, 0.2) is 97.1 Å². The lowest BCUT2D eigenvalue weighted by Crippen LogP contribution is -2.29. The number of aliphatic hydroxyl groups is 1. The number of benzene rings is 3. The fraction of sp³-hybridized carbons (Fsp3) is 0.143. The summed E-state index contributed by atoms with van der Waals surface area (Å²) in [7, 11) is 1.52. The van der Waals surface area contributed by atoms with Crippen LogP contribution in [0.3, 0.4) is 0 Å². The van der Waals surface area contributed by atoms with Gasteiger partial charge in [-0.05, 0) is 35.4 Å². The Morgan fingerprint density at radius 1 is 1.00 bits per heavy atom. The number of ketones is 1. The Balaban J connectivity index is 1.82. The summed E-state index contributed by atoms with van der Waals surface area (Å²) in [6.07, 6.45) is 1.65. The van der Waals surface area contributed by atoms with E-state index in [1.807, 2.05) is 30.3 Å². The predicted octanol–water partition coefficient (Wildman–Crippen LogP) is 4.88. The molecule has 0 bridgehead atoms. The quantitative estimate of drug-likeness (QED) is 0.227. The van der Waals surface area contributed by atoms with Crippen LogP contribution in [0.2, 0.25) is 0 Å². The lowest BCUT2D eigenvalue weighted by atomic mass is 9.95. The third kappa shape index (κ3) is 4.57. The van der Waals surface area contributed by atoms with Crippen LogP contribution in [0.25, 0.3) is 5.76 Å². The molecule has 0 aliphatic carbocycles. The van der Waals surface area contributed by atoms with Gasteiger partial charge in [-0.15, -0.1) is 0 Å². The Morgan fingerprint density at radius 3 is 2.41 bits per heavy atom. The zero-order chi connectivity index (χ0) is 24.1. The van der Waals surface area contributed by atoms with E-state index >= 15 is 0 Å². The Morgan fingerprint density at radius 2 is 1.74 bits per heavy atom. The van der Waals surface area contributed by atoms with Crippen LogP contribution in [-0.4, -0.2) is 35.4 Å². The van der Waals surface area contributed by atoms with E-state index in [1.165, 1.54) is 12.0 Å². The molecule has 3 aromatic rings. The van der Waals surface area contributed by atoms with Crippen LogP contribution < -0.4 is 9.47 Å². The second kappa shape index (κ2) is 10.1. The molecule has 1 heterocycles. The molecule has 6 heteroatoms. The number of ether oxygens (including phenoxy) is 2. The van der Waals surface area contributed by atoms with Crippen LogP contribution >= 0.6 is 0 Å². The van der Waals surface area contributed by atoms with Gasteiger partial charge in [0.2, 0.25) is 0 Å². The van der Waals surface area contributed by atoms with Gasteiger partial charge in [-0.2, -0.15) is 0 Å². The van der Waals surface area contributed by atoms with Gasteiger partial charge in [-0.1, -0.05) is 67.3 Å². The number of likely N-dealkylation sites (tertiary alicyclic amines) is 1. The van der Waals surface area contributed by atoms with E-state index in [2.05, 4.69) is 6.58 Å². The van der Waals surface area contributed by atoms with E-state index in [1.54, 1.807) is 54.6 Å². The normalized spacial score (nSPS) is 17.0. The molecule has 1 atom stereocenters. The standard InChI is InChI=1S/C28H25NO5/c1-3-16-34-22-14-12-20(13-15-22)25-24(26(30)21-10-7-11-23(17-21)33-2)27(31)28(32)29(25)18-19-8-5-4-6-9-19/h3-15,17,25,30H,1,16,18H2,2H3/b26-24+. The van der Waals surface area contributed by atoms with Crippen molar-refractivity contribution < 1.29 is 24.2 Å². The highest BCUT2D eigenvalue weighted by molar-refractivity contribution is 6.46. The molecule has 0 saturated carbocycles. The average Bonchev–Trinajstić information content (AvgIpc) is 3.13. The number of amides is 1. The Bertz CT molecular complexity index is 1230. The highest BCUT2D eigenvalue weighted by atomic mass is 16.5. The number of carbonyl (C=O) groups is 2. The minimum absolute atomic E-state index is 0.0361. The first-order chi connectivity index (χ1) is 16.5. The summed E-state index contributed by atoms with van der Waals surface area (Å²) in [5.74, 6) is -0.470. The van der Waals surface area contributed by atoms with Gasteiger partial charge in [0.15, 0.2) is 0 Å². The molecule has 1 amide bonds. The monoisotopic (exact) mass is 455 g/mol. The molecule has 1 N–H and O–H groups in total. The van der Waals surface area contributed by atoms with Crippen molar-refractivity contribution in [1.82, 2.24) is 4.90 Å². The first kappa shape index (κ1) is 22.9. The van der Waals surface area contributed by atoms with Crippen molar-refractivity contribution in [2.75, 3.05) is 13.7 Å². The maximum Gasteiger partial charge on any atom is 0.295 e. The van der Waals surface area contributed by atoms with Crippen LogP contribution in [0.1, 0.15) is 22.7 Å². The van der Waals surface area contributed by atoms with Crippen molar-refractivity contribution in [2.45, 2.75) is 12.6 Å². The second-order valence-corrected chi connectivity index (χ2v) is 7.81. The molecule has 0 spiro atoms. The molecule has 1 aliphatic rings. The maximum absolute atomic E-state index is 13.2. The average molecular weight is 456 g/mol. The van der Waals surface area contributed by atoms with Gasteiger partial charge in [0.25, 0.3) is 11.7 Å². The van der Waals surface area contributed by atoms with Crippen LogP contribution in [-0.2, 0) is 16.1 Å². The van der Waals surface area contributed by atoms with Gasteiger partial charge < -0.3 is 19.5 Å². The third-order valence-corrected chi connectivity index (χ3v) is 5.64. The fourth-order valence-electron chi connectivity index (χ4n) is 4.00. The minimum Gasteiger partial charge on any atom is -0.507 e. The number of nitrogens with zero attached hydrogens (tertiary/aromatic N) is 1. The Hall–Kier alpha value is -4.32. The lowest BCUT2D eigenvalue weighted by molar-refractivity contribution is -0.140. The molecule has 4 rings (SSSR count). The van der Waals surface area contributed by atoms with Crippen molar-refractivity contribution in [1.29, 1.82) is 0 Å². The van der Waals surface area contributed by atoms with Crippen molar-refractivity contribution in [3.63, 3.8) is 0 Å². The lowest BCUT2D eigenvalue weighted by Gasteiger charge is -2.25. The molecule has 1 fully saturated rings. The molecular formula is C28H25NO5. The Kier molecular flexibility index (Phi) is 6.78. The summed E-state index contributed by atoms with van der Waals surface area (Å²) in [5.41, 5.74) is 1.99. The summed E-state index contributed by atoms with van der Waals surface area (Å²) in [5, 5.41) is 11.2. The number of aliphatic hydroxyl groups excluding tert-OH is 1. The van der Waals surface area contributed by atoms with Crippen molar-refractivity contribution in [3.8, 4) is 11.5 Å². The van der Waals surface area contributed by atoms with E-state index in [0.29, 0.717) is 29.2 Å². The Labute approximate surface area is 198 Å². The summed E-state index contributed by atoms with van der Waals surface area (Å²) in [4.78, 5) is 27.8. The molecule has 172 valence electrons. The summed E-state index contributed by atoms with van der Waals surface area (Å²) in [6.45, 7) is 4.23. The van der Waals surface area contributed by atoms with Crippen LogP contribution in [0.4, 0.5) is 0 Å². The number of methoxy groups -OCH3 is 1. The molecule has 1 saturated heterocycles. The number of Topliss-reactive ketones (excluding diaryl/α,β-unsaturated/α-hetero) is 1. The third-order valence-electron chi connectivity index (χ3n) is 5.64. The van der Waals surface area contributed by atoms with Gasteiger partial charge in [0.05, 0.1) is 18.7 Å². The molecule has 1 aliphatic heterocycles. The second-order valence-electron chi connectivity index (χ2n) is 7.81. The molecule has 0 aromatic heterocycles.